The van der Waals surface area contributed by atoms with Gasteiger partial charge in [0, 0.05) is 26.7 Å². The first-order valence-electron chi connectivity index (χ1n) is 3.74. The van der Waals surface area contributed by atoms with Crippen LogP contribution in [0.25, 0.3) is 10.1 Å². The van der Waals surface area contributed by atoms with Crippen LogP contribution in [0, 0.1) is 0 Å². The molecule has 68 valence electrons. The minimum atomic E-state index is 0.735. The van der Waals surface area contributed by atoms with Crippen molar-refractivity contribution in [2.24, 2.45) is 0 Å². The second kappa shape index (κ2) is 3.48. The molecule has 1 nitrogen and oxygen atoms in total. The number of hydrogen-bond acceptors (Lipinski definition) is 2. The van der Waals surface area contributed by atoms with Crippen LogP contribution in [0.4, 0.5) is 5.69 Å². The molecule has 0 aliphatic rings. The van der Waals surface area contributed by atoms with E-state index in [1.54, 1.807) is 11.3 Å². The first-order valence-corrected chi connectivity index (χ1v) is 6.12. The molecule has 2 aromatic rings. The zero-order valence-electron chi connectivity index (χ0n) is 6.68. The highest BCUT2D eigenvalue weighted by atomic mass is 79.9. The van der Waals surface area contributed by atoms with Gasteiger partial charge in [-0.05, 0) is 17.5 Å². The maximum absolute atomic E-state index is 6.04. The molecule has 0 bridgehead atoms. The lowest BCUT2D eigenvalue weighted by molar-refractivity contribution is 1.51. The van der Waals surface area contributed by atoms with Crippen LogP contribution in [0.5, 0.6) is 0 Å². The van der Waals surface area contributed by atoms with Gasteiger partial charge in [0.1, 0.15) is 0 Å². The molecule has 13 heavy (non-hydrogen) atoms. The van der Waals surface area contributed by atoms with Gasteiger partial charge in [-0.25, -0.2) is 0 Å². The number of fused-ring (bicyclic) bond motifs is 1. The van der Waals surface area contributed by atoms with Crippen LogP contribution in [0.2, 0.25) is 5.02 Å². The predicted octanol–water partition coefficient (Wildman–Crippen LogP) is 4.03. The third kappa shape index (κ3) is 1.45. The van der Waals surface area contributed by atoms with Gasteiger partial charge >= 0.3 is 0 Å². The van der Waals surface area contributed by atoms with Gasteiger partial charge in [-0.1, -0.05) is 27.5 Å². The molecule has 0 aliphatic heterocycles. The largest absolute Gasteiger partial charge is 0.398 e. The van der Waals surface area contributed by atoms with Crippen LogP contribution in [0.1, 0.15) is 5.56 Å². The molecule has 0 radical (unpaired) electrons. The number of nitrogens with two attached hydrogens (primary N) is 1. The molecule has 1 aromatic heterocycles. The molecular formula is C9H7BrClNS. The molecule has 0 atom stereocenters. The summed E-state index contributed by atoms with van der Waals surface area (Å²) in [7, 11) is 0. The quantitative estimate of drug-likeness (QED) is 0.617. The van der Waals surface area contributed by atoms with E-state index in [9.17, 15) is 0 Å². The van der Waals surface area contributed by atoms with E-state index in [0.29, 0.717) is 0 Å². The van der Waals surface area contributed by atoms with E-state index in [2.05, 4.69) is 15.9 Å². The Morgan fingerprint density at radius 3 is 3.00 bits per heavy atom. The number of benzene rings is 1. The molecule has 1 heterocycles. The first kappa shape index (κ1) is 9.31. The van der Waals surface area contributed by atoms with Crippen molar-refractivity contribution in [2.45, 2.75) is 5.33 Å². The Balaban J connectivity index is 2.88. The van der Waals surface area contributed by atoms with E-state index in [1.165, 1.54) is 4.70 Å². The molecule has 0 spiro atoms. The number of alkyl halides is 1. The lowest BCUT2D eigenvalue weighted by Gasteiger charge is -2.04. The normalized spacial score (nSPS) is 10.9. The van der Waals surface area contributed by atoms with Crippen LogP contribution in [0.15, 0.2) is 17.5 Å². The summed E-state index contributed by atoms with van der Waals surface area (Å²) in [6.07, 6.45) is 0. The van der Waals surface area contributed by atoms with E-state index in [4.69, 9.17) is 17.3 Å². The molecule has 0 saturated heterocycles. The smallest absolute Gasteiger partial charge is 0.0513 e. The van der Waals surface area contributed by atoms with Crippen molar-refractivity contribution in [3.05, 3.63) is 28.1 Å². The summed E-state index contributed by atoms with van der Waals surface area (Å²) in [5.41, 5.74) is 7.74. The number of anilines is 1. The monoisotopic (exact) mass is 275 g/mol. The Morgan fingerprint density at radius 1 is 1.54 bits per heavy atom. The molecule has 1 aromatic carbocycles. The molecule has 2 rings (SSSR count). The van der Waals surface area contributed by atoms with Crippen molar-refractivity contribution in [1.82, 2.24) is 0 Å². The van der Waals surface area contributed by atoms with E-state index in [1.807, 2.05) is 17.5 Å². The summed E-state index contributed by atoms with van der Waals surface area (Å²) in [4.78, 5) is 0. The lowest BCUT2D eigenvalue weighted by Crippen LogP contribution is -1.91. The van der Waals surface area contributed by atoms with Crippen LogP contribution < -0.4 is 5.73 Å². The molecular weight excluding hydrogens is 270 g/mol. The van der Waals surface area contributed by atoms with Crippen molar-refractivity contribution in [3.63, 3.8) is 0 Å². The Kier molecular flexibility index (Phi) is 2.49. The summed E-state index contributed by atoms with van der Waals surface area (Å²) in [5, 5.41) is 4.63. The fraction of sp³-hybridized carbons (Fsp3) is 0.111. The Bertz CT molecular complexity index is 452. The molecule has 0 saturated carbocycles. The van der Waals surface area contributed by atoms with Crippen molar-refractivity contribution >= 4 is 54.6 Å². The molecule has 0 amide bonds. The Labute approximate surface area is 93.6 Å². The van der Waals surface area contributed by atoms with E-state index < -0.39 is 0 Å². The molecule has 0 fully saturated rings. The summed E-state index contributed by atoms with van der Waals surface area (Å²) in [5.74, 6) is 0. The SMILES string of the molecule is Nc1cc(Cl)c2ccsc2c1CBr. The van der Waals surface area contributed by atoms with Crippen molar-refractivity contribution in [3.8, 4) is 0 Å². The zero-order chi connectivity index (χ0) is 9.42. The summed E-state index contributed by atoms with van der Waals surface area (Å²) >= 11 is 11.1. The number of nitrogen functional groups attached to an aromatic ring is 1. The number of thiophene rings is 1. The third-order valence-corrected chi connectivity index (χ3v) is 3.81. The van der Waals surface area contributed by atoms with Gasteiger partial charge in [-0.3, -0.25) is 0 Å². The number of halogens is 2. The summed E-state index contributed by atoms with van der Waals surface area (Å²) in [6.45, 7) is 0. The van der Waals surface area contributed by atoms with Gasteiger partial charge in [0.25, 0.3) is 0 Å². The molecule has 4 heteroatoms. The van der Waals surface area contributed by atoms with Gasteiger partial charge in [-0.2, -0.15) is 0 Å². The second-order valence-electron chi connectivity index (χ2n) is 2.72. The average Bonchev–Trinajstić information content (AvgIpc) is 2.53. The molecule has 0 unspecified atom stereocenters. The van der Waals surface area contributed by atoms with E-state index in [-0.39, 0.29) is 0 Å². The molecule has 2 N–H and O–H groups in total. The maximum atomic E-state index is 6.04. The standard InChI is InChI=1S/C9H7BrClNS/c10-4-6-8(12)3-7(11)5-1-2-13-9(5)6/h1-3H,4,12H2. The maximum Gasteiger partial charge on any atom is 0.0513 e. The summed E-state index contributed by atoms with van der Waals surface area (Å²) < 4.78 is 1.18. The fourth-order valence-corrected chi connectivity index (χ4v) is 3.40. The lowest BCUT2D eigenvalue weighted by atomic mass is 10.1. The highest BCUT2D eigenvalue weighted by molar-refractivity contribution is 9.08. The predicted molar refractivity (Wildman–Crippen MR) is 63.9 cm³/mol. The number of hydrogen-bond donors (Lipinski definition) is 1. The summed E-state index contributed by atoms with van der Waals surface area (Å²) in [6, 6.07) is 3.83. The fourth-order valence-electron chi connectivity index (χ4n) is 1.30. The minimum Gasteiger partial charge on any atom is -0.398 e. The van der Waals surface area contributed by atoms with Gasteiger partial charge in [0.15, 0.2) is 0 Å². The van der Waals surface area contributed by atoms with Crippen molar-refractivity contribution in [1.29, 1.82) is 0 Å². The Hall–Kier alpha value is -0.250. The van der Waals surface area contributed by atoms with E-state index >= 15 is 0 Å². The zero-order valence-corrected chi connectivity index (χ0v) is 9.84. The minimum absolute atomic E-state index is 0.735. The van der Waals surface area contributed by atoms with Crippen LogP contribution in [-0.2, 0) is 5.33 Å². The van der Waals surface area contributed by atoms with Gasteiger partial charge in [-0.15, -0.1) is 11.3 Å². The third-order valence-electron chi connectivity index (χ3n) is 1.96. The van der Waals surface area contributed by atoms with E-state index in [0.717, 1.165) is 27.0 Å². The molecule has 0 aliphatic carbocycles. The highest BCUT2D eigenvalue weighted by Gasteiger charge is 2.08. The second-order valence-corrected chi connectivity index (χ2v) is 4.61. The van der Waals surface area contributed by atoms with Gasteiger partial charge in [0.2, 0.25) is 0 Å². The van der Waals surface area contributed by atoms with Crippen molar-refractivity contribution < 1.29 is 0 Å². The van der Waals surface area contributed by atoms with Crippen molar-refractivity contribution in [2.75, 3.05) is 5.73 Å². The highest BCUT2D eigenvalue weighted by Crippen LogP contribution is 2.35. The van der Waals surface area contributed by atoms with Crippen LogP contribution >= 0.6 is 38.9 Å². The van der Waals surface area contributed by atoms with Gasteiger partial charge in [0.05, 0.1) is 5.02 Å². The van der Waals surface area contributed by atoms with Gasteiger partial charge < -0.3 is 5.73 Å². The van der Waals surface area contributed by atoms with Crippen LogP contribution in [-0.4, -0.2) is 0 Å². The Morgan fingerprint density at radius 2 is 2.31 bits per heavy atom. The topological polar surface area (TPSA) is 26.0 Å². The first-order chi connectivity index (χ1) is 6.24. The number of rotatable bonds is 1. The van der Waals surface area contributed by atoms with Crippen LogP contribution in [0.3, 0.4) is 0 Å². The average molecular weight is 277 g/mol.